The first kappa shape index (κ1) is 22.8. The number of aliphatic hydroxyl groups excluding tert-OH is 1. The summed E-state index contributed by atoms with van der Waals surface area (Å²) in [5, 5.41) is 13.0. The van der Waals surface area contributed by atoms with Crippen LogP contribution in [0.2, 0.25) is 0 Å². The van der Waals surface area contributed by atoms with Gasteiger partial charge in [0, 0.05) is 19.5 Å². The summed E-state index contributed by atoms with van der Waals surface area (Å²) in [6.07, 6.45) is 14.4. The number of likely N-dealkylation sites (tertiary alicyclic amines) is 1. The van der Waals surface area contributed by atoms with Crippen LogP contribution >= 0.6 is 0 Å². The summed E-state index contributed by atoms with van der Waals surface area (Å²) in [6.45, 7) is 1.96. The van der Waals surface area contributed by atoms with E-state index in [1.54, 1.807) is 0 Å². The molecule has 3 heteroatoms. The van der Waals surface area contributed by atoms with Gasteiger partial charge in [-0.25, -0.2) is 0 Å². The van der Waals surface area contributed by atoms with Crippen molar-refractivity contribution < 1.29 is 9.90 Å². The number of hydrogen-bond donors (Lipinski definition) is 1. The van der Waals surface area contributed by atoms with Crippen LogP contribution in [0.25, 0.3) is 10.8 Å². The van der Waals surface area contributed by atoms with Crippen LogP contribution in [0.4, 0.5) is 0 Å². The van der Waals surface area contributed by atoms with Crippen molar-refractivity contribution in [1.29, 1.82) is 0 Å². The Morgan fingerprint density at radius 3 is 2.20 bits per heavy atom. The van der Waals surface area contributed by atoms with Crippen LogP contribution in [0.3, 0.4) is 0 Å². The number of carbonyl (C=O) groups is 1. The number of piperidine rings is 1. The van der Waals surface area contributed by atoms with Gasteiger partial charge in [-0.15, -0.1) is 0 Å². The zero-order valence-corrected chi connectivity index (χ0v) is 18.5. The number of aliphatic hydroxyl groups is 1. The smallest absolute Gasteiger partial charge is 0.222 e. The van der Waals surface area contributed by atoms with Gasteiger partial charge in [0.1, 0.15) is 0 Å². The van der Waals surface area contributed by atoms with E-state index in [1.165, 1.54) is 68.6 Å². The Hall–Kier alpha value is -1.87. The summed E-state index contributed by atoms with van der Waals surface area (Å²) in [6, 6.07) is 14.5. The van der Waals surface area contributed by atoms with Gasteiger partial charge in [0.15, 0.2) is 0 Å². The van der Waals surface area contributed by atoms with E-state index in [0.29, 0.717) is 5.91 Å². The van der Waals surface area contributed by atoms with Crippen molar-refractivity contribution in [3.63, 3.8) is 0 Å². The number of fused-ring (bicyclic) bond motifs is 1. The quantitative estimate of drug-likeness (QED) is 0.392. The summed E-state index contributed by atoms with van der Waals surface area (Å²) in [7, 11) is 0. The number of benzene rings is 2. The molecule has 3 nitrogen and oxygen atoms in total. The predicted octanol–water partition coefficient (Wildman–Crippen LogP) is 6.79. The van der Waals surface area contributed by atoms with Gasteiger partial charge in [0.2, 0.25) is 5.91 Å². The van der Waals surface area contributed by atoms with E-state index in [-0.39, 0.29) is 6.10 Å². The standard InChI is InChI=1S/C27H39NO2/c29-26(25-18-14-16-23-15-10-11-17-24(23)25)19-8-5-3-1-2-4-6-9-20-27(30)28-21-12-7-13-22-28/h10-11,14-18,26,29H,1-9,12-13,19-22H2/t26-/m1/s1. The van der Waals surface area contributed by atoms with E-state index in [2.05, 4.69) is 29.2 Å². The highest BCUT2D eigenvalue weighted by molar-refractivity contribution is 5.85. The Morgan fingerprint density at radius 2 is 1.43 bits per heavy atom. The second kappa shape index (κ2) is 12.7. The Labute approximate surface area is 182 Å². The normalized spacial score (nSPS) is 15.4. The zero-order valence-electron chi connectivity index (χ0n) is 18.5. The summed E-state index contributed by atoms with van der Waals surface area (Å²) < 4.78 is 0. The van der Waals surface area contributed by atoms with Gasteiger partial charge in [-0.05, 0) is 48.4 Å². The molecule has 1 N–H and O–H groups in total. The van der Waals surface area contributed by atoms with E-state index >= 15 is 0 Å². The number of rotatable bonds is 12. The Morgan fingerprint density at radius 1 is 0.800 bits per heavy atom. The molecular weight excluding hydrogens is 370 g/mol. The Balaban J connectivity index is 1.20. The molecule has 0 bridgehead atoms. The van der Waals surface area contributed by atoms with E-state index in [0.717, 1.165) is 44.3 Å². The molecule has 30 heavy (non-hydrogen) atoms. The van der Waals surface area contributed by atoms with Crippen LogP contribution in [0.1, 0.15) is 95.1 Å². The summed E-state index contributed by atoms with van der Waals surface area (Å²) in [5.41, 5.74) is 1.06. The van der Waals surface area contributed by atoms with Crippen molar-refractivity contribution in [1.82, 2.24) is 4.90 Å². The largest absolute Gasteiger partial charge is 0.388 e. The molecule has 0 spiro atoms. The molecule has 1 heterocycles. The van der Waals surface area contributed by atoms with Gasteiger partial charge in [-0.2, -0.15) is 0 Å². The molecule has 0 saturated carbocycles. The first-order chi connectivity index (χ1) is 14.8. The third kappa shape index (κ3) is 7.12. The number of nitrogens with zero attached hydrogens (tertiary/aromatic N) is 1. The minimum Gasteiger partial charge on any atom is -0.388 e. The fraction of sp³-hybridized carbons (Fsp3) is 0.593. The van der Waals surface area contributed by atoms with E-state index in [4.69, 9.17) is 0 Å². The SMILES string of the molecule is O=C(CCCCCCCCCC[C@@H](O)c1cccc2ccccc12)N1CCCCC1. The lowest BCUT2D eigenvalue weighted by Gasteiger charge is -2.26. The van der Waals surface area contributed by atoms with Crippen molar-refractivity contribution in [3.8, 4) is 0 Å². The first-order valence-electron chi connectivity index (χ1n) is 12.2. The average Bonchev–Trinajstić information content (AvgIpc) is 2.80. The summed E-state index contributed by atoms with van der Waals surface area (Å²) >= 11 is 0. The molecule has 3 rings (SSSR count). The lowest BCUT2D eigenvalue weighted by atomic mass is 9.96. The van der Waals surface area contributed by atoms with Crippen molar-refractivity contribution in [3.05, 3.63) is 48.0 Å². The lowest BCUT2D eigenvalue weighted by Crippen LogP contribution is -2.35. The maximum Gasteiger partial charge on any atom is 0.222 e. The molecule has 164 valence electrons. The second-order valence-corrected chi connectivity index (χ2v) is 8.89. The van der Waals surface area contributed by atoms with Crippen LogP contribution in [0.5, 0.6) is 0 Å². The molecule has 2 aromatic rings. The van der Waals surface area contributed by atoms with Gasteiger partial charge in [-0.3, -0.25) is 4.79 Å². The van der Waals surface area contributed by atoms with Gasteiger partial charge in [0.25, 0.3) is 0 Å². The Kier molecular flexibility index (Phi) is 9.69. The van der Waals surface area contributed by atoms with Crippen LogP contribution < -0.4 is 0 Å². The third-order valence-corrected chi connectivity index (χ3v) is 6.51. The van der Waals surface area contributed by atoms with Crippen LogP contribution in [0.15, 0.2) is 42.5 Å². The van der Waals surface area contributed by atoms with Crippen LogP contribution in [-0.2, 0) is 4.79 Å². The zero-order chi connectivity index (χ0) is 21.0. The highest BCUT2D eigenvalue weighted by atomic mass is 16.3. The van der Waals surface area contributed by atoms with Crippen LogP contribution in [-0.4, -0.2) is 29.0 Å². The molecule has 1 amide bonds. The van der Waals surface area contributed by atoms with Crippen LogP contribution in [0, 0.1) is 0 Å². The van der Waals surface area contributed by atoms with Crippen molar-refractivity contribution in [2.75, 3.05) is 13.1 Å². The first-order valence-corrected chi connectivity index (χ1v) is 12.2. The number of unbranched alkanes of at least 4 members (excludes halogenated alkanes) is 7. The topological polar surface area (TPSA) is 40.5 Å². The molecule has 0 aliphatic carbocycles. The highest BCUT2D eigenvalue weighted by Gasteiger charge is 2.15. The predicted molar refractivity (Wildman–Crippen MR) is 126 cm³/mol. The monoisotopic (exact) mass is 409 g/mol. The molecule has 0 aromatic heterocycles. The number of carbonyl (C=O) groups excluding carboxylic acids is 1. The minimum absolute atomic E-state index is 0.367. The fourth-order valence-electron chi connectivity index (χ4n) is 4.67. The second-order valence-electron chi connectivity index (χ2n) is 8.89. The molecule has 1 saturated heterocycles. The molecular formula is C27H39NO2. The lowest BCUT2D eigenvalue weighted by molar-refractivity contribution is -0.132. The van der Waals surface area contributed by atoms with Gasteiger partial charge in [-0.1, -0.05) is 87.4 Å². The van der Waals surface area contributed by atoms with E-state index in [9.17, 15) is 9.90 Å². The van der Waals surface area contributed by atoms with E-state index < -0.39 is 0 Å². The van der Waals surface area contributed by atoms with E-state index in [1.807, 2.05) is 18.2 Å². The maximum atomic E-state index is 12.1. The molecule has 1 aliphatic heterocycles. The number of amides is 1. The fourth-order valence-corrected chi connectivity index (χ4v) is 4.67. The van der Waals surface area contributed by atoms with Gasteiger partial charge >= 0.3 is 0 Å². The molecule has 1 aliphatic rings. The van der Waals surface area contributed by atoms with Crippen molar-refractivity contribution >= 4 is 16.7 Å². The molecule has 0 radical (unpaired) electrons. The molecule has 1 atom stereocenters. The summed E-state index contributed by atoms with van der Waals surface area (Å²) in [5.74, 6) is 0.374. The Bertz CT molecular complexity index is 761. The maximum absolute atomic E-state index is 12.1. The minimum atomic E-state index is -0.367. The molecule has 2 aromatic carbocycles. The summed E-state index contributed by atoms with van der Waals surface area (Å²) in [4.78, 5) is 14.2. The van der Waals surface area contributed by atoms with Gasteiger partial charge in [0.05, 0.1) is 6.10 Å². The number of hydrogen-bond acceptors (Lipinski definition) is 2. The highest BCUT2D eigenvalue weighted by Crippen LogP contribution is 2.27. The molecule has 1 fully saturated rings. The molecule has 0 unspecified atom stereocenters. The van der Waals surface area contributed by atoms with Crippen molar-refractivity contribution in [2.24, 2.45) is 0 Å². The average molecular weight is 410 g/mol. The third-order valence-electron chi connectivity index (χ3n) is 6.51. The van der Waals surface area contributed by atoms with Crippen molar-refractivity contribution in [2.45, 2.75) is 89.6 Å². The van der Waals surface area contributed by atoms with Gasteiger partial charge < -0.3 is 10.0 Å².